The van der Waals surface area contributed by atoms with Crippen molar-refractivity contribution < 1.29 is 0 Å². The Bertz CT molecular complexity index is 501. The van der Waals surface area contributed by atoms with Crippen molar-refractivity contribution in [3.05, 3.63) is 30.5 Å². The third-order valence-electron chi connectivity index (χ3n) is 3.50. The third-order valence-corrected chi connectivity index (χ3v) is 3.50. The van der Waals surface area contributed by atoms with E-state index in [9.17, 15) is 0 Å². The third kappa shape index (κ3) is 2.15. The molecule has 0 aliphatic heterocycles. The smallest absolute Gasteiger partial charge is 0.0625 e. The van der Waals surface area contributed by atoms with Crippen molar-refractivity contribution >= 4 is 16.6 Å². The van der Waals surface area contributed by atoms with Gasteiger partial charge in [-0.1, -0.05) is 18.2 Å². The van der Waals surface area contributed by atoms with Gasteiger partial charge in [0.1, 0.15) is 0 Å². The Balaban J connectivity index is 2.41. The highest BCUT2D eigenvalue weighted by Gasteiger charge is 2.14. The summed E-state index contributed by atoms with van der Waals surface area (Å²) >= 11 is 0. The number of hydrogen-bond donors (Lipinski definition) is 1. The molecule has 2 rings (SSSR count). The number of rotatable bonds is 4. The lowest BCUT2D eigenvalue weighted by Crippen LogP contribution is -2.30. The number of hydrogen-bond acceptors (Lipinski definition) is 2. The first-order valence-corrected chi connectivity index (χ1v) is 6.12. The molecule has 0 aliphatic carbocycles. The molecule has 0 amide bonds. The maximum atomic E-state index is 5.63. The molecule has 0 fully saturated rings. The Kier molecular flexibility index (Phi) is 3.38. The fourth-order valence-corrected chi connectivity index (χ4v) is 2.27. The van der Waals surface area contributed by atoms with E-state index in [1.807, 2.05) is 0 Å². The largest absolute Gasteiger partial charge is 0.370 e. The second-order valence-corrected chi connectivity index (χ2v) is 4.68. The normalized spacial score (nSPS) is 12.9. The zero-order valence-corrected chi connectivity index (χ0v) is 10.9. The quantitative estimate of drug-likeness (QED) is 0.876. The lowest BCUT2D eigenvalue weighted by atomic mass is 10.1. The van der Waals surface area contributed by atoms with Gasteiger partial charge in [-0.25, -0.2) is 0 Å². The molecule has 0 radical (unpaired) electrons. The number of aromatic nitrogens is 1. The molecule has 17 heavy (non-hydrogen) atoms. The predicted octanol–water partition coefficient (Wildman–Crippen LogP) is 2.35. The van der Waals surface area contributed by atoms with Gasteiger partial charge in [0.25, 0.3) is 0 Å². The van der Waals surface area contributed by atoms with Crippen molar-refractivity contribution in [2.75, 3.05) is 18.5 Å². The van der Waals surface area contributed by atoms with Crippen molar-refractivity contribution in [2.24, 2.45) is 12.8 Å². The molecule has 1 unspecified atom stereocenters. The van der Waals surface area contributed by atoms with Crippen LogP contribution >= 0.6 is 0 Å². The molecule has 0 spiro atoms. The maximum Gasteiger partial charge on any atom is 0.0625 e. The highest BCUT2D eigenvalue weighted by molar-refractivity contribution is 5.93. The van der Waals surface area contributed by atoms with Crippen LogP contribution in [0.5, 0.6) is 0 Å². The van der Waals surface area contributed by atoms with E-state index in [0.717, 1.165) is 13.0 Å². The zero-order chi connectivity index (χ0) is 12.4. The minimum absolute atomic E-state index is 0.464. The molecule has 2 N–H and O–H groups in total. The summed E-state index contributed by atoms with van der Waals surface area (Å²) in [5.41, 5.74) is 8.19. The number of aryl methyl sites for hydroxylation is 1. The van der Waals surface area contributed by atoms with Gasteiger partial charge in [0, 0.05) is 37.2 Å². The second kappa shape index (κ2) is 4.80. The number of anilines is 1. The van der Waals surface area contributed by atoms with Gasteiger partial charge in [-0.15, -0.1) is 0 Å². The summed E-state index contributed by atoms with van der Waals surface area (Å²) in [5, 5.41) is 1.31. The molecule has 3 heteroatoms. The van der Waals surface area contributed by atoms with E-state index in [2.05, 4.69) is 60.9 Å². The lowest BCUT2D eigenvalue weighted by Gasteiger charge is -2.26. The summed E-state index contributed by atoms with van der Waals surface area (Å²) in [5.74, 6) is 0. The van der Waals surface area contributed by atoms with Crippen LogP contribution in [0.15, 0.2) is 30.5 Å². The maximum absolute atomic E-state index is 5.63. The molecule has 92 valence electrons. The van der Waals surface area contributed by atoms with E-state index < -0.39 is 0 Å². The number of fused-ring (bicyclic) bond motifs is 1. The predicted molar refractivity (Wildman–Crippen MR) is 74.5 cm³/mol. The Morgan fingerprint density at radius 1 is 1.35 bits per heavy atom. The fraction of sp³-hybridized carbons (Fsp3) is 0.429. The Morgan fingerprint density at radius 2 is 2.06 bits per heavy atom. The van der Waals surface area contributed by atoms with Crippen molar-refractivity contribution in [3.8, 4) is 0 Å². The highest BCUT2D eigenvalue weighted by atomic mass is 15.1. The van der Waals surface area contributed by atoms with Crippen LogP contribution < -0.4 is 10.6 Å². The minimum atomic E-state index is 0.464. The Labute approximate surface area is 103 Å². The summed E-state index contributed by atoms with van der Waals surface area (Å²) in [4.78, 5) is 2.31. The summed E-state index contributed by atoms with van der Waals surface area (Å²) in [7, 11) is 4.23. The van der Waals surface area contributed by atoms with E-state index in [1.165, 1.54) is 16.6 Å². The van der Waals surface area contributed by atoms with Crippen LogP contribution in [0.25, 0.3) is 10.9 Å². The summed E-state index contributed by atoms with van der Waals surface area (Å²) in [6, 6.07) is 8.96. The van der Waals surface area contributed by atoms with Crippen molar-refractivity contribution in [1.82, 2.24) is 4.57 Å². The van der Waals surface area contributed by atoms with E-state index >= 15 is 0 Å². The van der Waals surface area contributed by atoms with Crippen molar-refractivity contribution in [2.45, 2.75) is 19.4 Å². The average Bonchev–Trinajstić information content (AvgIpc) is 2.67. The molecule has 1 atom stereocenters. The summed E-state index contributed by atoms with van der Waals surface area (Å²) < 4.78 is 2.18. The number of nitrogens with two attached hydrogens (primary N) is 1. The molecule has 0 saturated carbocycles. The molecule has 1 aromatic carbocycles. The van der Waals surface area contributed by atoms with Gasteiger partial charge >= 0.3 is 0 Å². The van der Waals surface area contributed by atoms with Gasteiger partial charge in [0.15, 0.2) is 0 Å². The average molecular weight is 231 g/mol. The topological polar surface area (TPSA) is 34.2 Å². The van der Waals surface area contributed by atoms with E-state index in [1.54, 1.807) is 0 Å². The lowest BCUT2D eigenvalue weighted by molar-refractivity contribution is 0.636. The SMILES string of the molecule is CC(CCN)N(C)c1cn(C)c2ccccc12. The summed E-state index contributed by atoms with van der Waals surface area (Å²) in [6.07, 6.45) is 3.21. The first-order valence-electron chi connectivity index (χ1n) is 6.12. The molecular formula is C14H21N3. The molecule has 0 aliphatic rings. The van der Waals surface area contributed by atoms with Gasteiger partial charge in [0.05, 0.1) is 5.69 Å². The van der Waals surface area contributed by atoms with Crippen LogP contribution in [0, 0.1) is 0 Å². The van der Waals surface area contributed by atoms with Crippen LogP contribution in [0.3, 0.4) is 0 Å². The van der Waals surface area contributed by atoms with Crippen molar-refractivity contribution in [3.63, 3.8) is 0 Å². The molecule has 2 aromatic rings. The van der Waals surface area contributed by atoms with Crippen LogP contribution in [0.2, 0.25) is 0 Å². The van der Waals surface area contributed by atoms with Crippen molar-refractivity contribution in [1.29, 1.82) is 0 Å². The summed E-state index contributed by atoms with van der Waals surface area (Å²) in [6.45, 7) is 2.95. The first kappa shape index (κ1) is 12.0. The van der Waals surface area contributed by atoms with E-state index in [-0.39, 0.29) is 0 Å². The minimum Gasteiger partial charge on any atom is -0.370 e. The monoisotopic (exact) mass is 231 g/mol. The van der Waals surface area contributed by atoms with Crippen LogP contribution in [0.1, 0.15) is 13.3 Å². The van der Waals surface area contributed by atoms with Crippen LogP contribution in [-0.4, -0.2) is 24.2 Å². The first-order chi connectivity index (χ1) is 8.15. The molecule has 1 aromatic heterocycles. The van der Waals surface area contributed by atoms with Gasteiger partial charge in [-0.2, -0.15) is 0 Å². The van der Waals surface area contributed by atoms with E-state index in [0.29, 0.717) is 6.04 Å². The molecule has 0 saturated heterocycles. The molecule has 3 nitrogen and oxygen atoms in total. The van der Waals surface area contributed by atoms with Gasteiger partial charge in [-0.05, 0) is 26.0 Å². The Hall–Kier alpha value is -1.48. The van der Waals surface area contributed by atoms with Gasteiger partial charge in [0.2, 0.25) is 0 Å². The number of benzene rings is 1. The molecular weight excluding hydrogens is 210 g/mol. The van der Waals surface area contributed by atoms with Crippen LogP contribution in [-0.2, 0) is 7.05 Å². The van der Waals surface area contributed by atoms with Gasteiger partial charge < -0.3 is 15.2 Å². The second-order valence-electron chi connectivity index (χ2n) is 4.68. The fourth-order valence-electron chi connectivity index (χ4n) is 2.27. The number of para-hydroxylation sites is 1. The zero-order valence-electron chi connectivity index (χ0n) is 10.9. The molecule has 0 bridgehead atoms. The Morgan fingerprint density at radius 3 is 2.76 bits per heavy atom. The number of nitrogens with zero attached hydrogens (tertiary/aromatic N) is 2. The van der Waals surface area contributed by atoms with Crippen LogP contribution in [0.4, 0.5) is 5.69 Å². The van der Waals surface area contributed by atoms with E-state index in [4.69, 9.17) is 5.73 Å². The standard InChI is InChI=1S/C14H21N3/c1-11(8-9-15)17(3)14-10-16(2)13-7-5-4-6-12(13)14/h4-7,10-11H,8-9,15H2,1-3H3. The highest BCUT2D eigenvalue weighted by Crippen LogP contribution is 2.29. The molecule has 1 heterocycles. The van der Waals surface area contributed by atoms with Gasteiger partial charge in [-0.3, -0.25) is 0 Å².